The van der Waals surface area contributed by atoms with Crippen molar-refractivity contribution in [3.8, 4) is 0 Å². The molecule has 1 aliphatic carbocycles. The quantitative estimate of drug-likeness (QED) is 0.891. The van der Waals surface area contributed by atoms with E-state index in [1.54, 1.807) is 11.8 Å². The number of benzene rings is 1. The van der Waals surface area contributed by atoms with Crippen molar-refractivity contribution in [3.05, 3.63) is 34.9 Å². The number of hydrogen-bond donors (Lipinski definition) is 1. The van der Waals surface area contributed by atoms with Crippen LogP contribution in [0, 0.1) is 0 Å². The van der Waals surface area contributed by atoms with Gasteiger partial charge in [-0.05, 0) is 48.8 Å². The monoisotopic (exact) mass is 346 g/mol. The minimum atomic E-state index is -0.0136. The molecule has 5 heteroatoms. The normalized spacial score (nSPS) is 19.9. The Morgan fingerprint density at radius 3 is 2.92 bits per heavy atom. The molecule has 1 atom stereocenters. The van der Waals surface area contributed by atoms with Gasteiger partial charge in [0, 0.05) is 31.8 Å². The van der Waals surface area contributed by atoms with Crippen molar-refractivity contribution in [2.45, 2.75) is 50.8 Å². The molecule has 1 N–H and O–H groups in total. The van der Waals surface area contributed by atoms with Crippen molar-refractivity contribution in [2.75, 3.05) is 18.8 Å². The van der Waals surface area contributed by atoms with Gasteiger partial charge >= 0.3 is 0 Å². The summed E-state index contributed by atoms with van der Waals surface area (Å²) >= 11 is 1.69. The maximum Gasteiger partial charge on any atom is 0.232 e. The van der Waals surface area contributed by atoms with E-state index in [0.29, 0.717) is 12.3 Å². The first-order chi connectivity index (χ1) is 11.6. The summed E-state index contributed by atoms with van der Waals surface area (Å²) in [5.41, 5.74) is 4.31. The van der Waals surface area contributed by atoms with E-state index in [-0.39, 0.29) is 17.9 Å². The molecule has 1 aliphatic heterocycles. The highest BCUT2D eigenvalue weighted by Gasteiger charge is 2.23. The minimum absolute atomic E-state index is 0.0136. The first-order valence-electron chi connectivity index (χ1n) is 8.85. The highest BCUT2D eigenvalue weighted by atomic mass is 32.2. The van der Waals surface area contributed by atoms with Crippen molar-refractivity contribution in [3.63, 3.8) is 0 Å². The first-order valence-corrected chi connectivity index (χ1v) is 10.0. The van der Waals surface area contributed by atoms with Crippen LogP contribution in [0.15, 0.2) is 18.2 Å². The lowest BCUT2D eigenvalue weighted by Gasteiger charge is -2.33. The fraction of sp³-hybridized carbons (Fsp3) is 0.579. The molecule has 1 unspecified atom stereocenters. The van der Waals surface area contributed by atoms with E-state index in [0.717, 1.165) is 25.1 Å². The summed E-state index contributed by atoms with van der Waals surface area (Å²) < 4.78 is 0. The largest absolute Gasteiger partial charge is 0.352 e. The number of carbonyl (C=O) groups is 2. The topological polar surface area (TPSA) is 49.4 Å². The Hall–Kier alpha value is -1.49. The number of rotatable bonds is 5. The third-order valence-corrected chi connectivity index (χ3v) is 5.83. The Morgan fingerprint density at radius 1 is 1.25 bits per heavy atom. The van der Waals surface area contributed by atoms with Crippen molar-refractivity contribution < 1.29 is 9.59 Å². The molecule has 0 bridgehead atoms. The molecule has 130 valence electrons. The molecular weight excluding hydrogens is 320 g/mol. The van der Waals surface area contributed by atoms with Crippen LogP contribution in [-0.4, -0.2) is 41.6 Å². The van der Waals surface area contributed by atoms with Crippen LogP contribution in [0.5, 0.6) is 0 Å². The number of amides is 2. The molecule has 0 spiro atoms. The van der Waals surface area contributed by atoms with Crippen molar-refractivity contribution in [1.82, 2.24) is 10.2 Å². The van der Waals surface area contributed by atoms with Gasteiger partial charge in [0.1, 0.15) is 0 Å². The Balaban J connectivity index is 1.44. The van der Waals surface area contributed by atoms with Gasteiger partial charge in [0.05, 0.1) is 5.75 Å². The van der Waals surface area contributed by atoms with Crippen LogP contribution in [-0.2, 0) is 28.2 Å². The number of fused-ring (bicyclic) bond motifs is 1. The molecule has 1 fully saturated rings. The fourth-order valence-corrected chi connectivity index (χ4v) is 4.55. The third-order valence-electron chi connectivity index (χ3n) is 4.84. The number of piperidine rings is 1. The number of nitrogens with one attached hydrogen (secondary N) is 1. The molecule has 1 aromatic carbocycles. The molecule has 2 aliphatic rings. The second-order valence-electron chi connectivity index (χ2n) is 6.83. The van der Waals surface area contributed by atoms with E-state index in [1.165, 1.54) is 42.9 Å². The summed E-state index contributed by atoms with van der Waals surface area (Å²) in [6, 6.07) is 6.88. The van der Waals surface area contributed by atoms with Gasteiger partial charge in [0.2, 0.25) is 11.8 Å². The second kappa shape index (κ2) is 8.06. The van der Waals surface area contributed by atoms with Gasteiger partial charge in [-0.25, -0.2) is 0 Å². The Kier molecular flexibility index (Phi) is 5.82. The van der Waals surface area contributed by atoms with Gasteiger partial charge in [-0.15, -0.1) is 11.8 Å². The molecule has 1 saturated heterocycles. The zero-order valence-electron chi connectivity index (χ0n) is 14.3. The number of carbonyl (C=O) groups excluding carboxylic acids is 2. The fourth-order valence-electron chi connectivity index (χ4n) is 3.67. The van der Waals surface area contributed by atoms with Crippen molar-refractivity contribution >= 4 is 23.6 Å². The van der Waals surface area contributed by atoms with Crippen LogP contribution in [0.25, 0.3) is 0 Å². The number of hydrogen-bond acceptors (Lipinski definition) is 3. The van der Waals surface area contributed by atoms with E-state index < -0.39 is 0 Å². The molecule has 0 saturated carbocycles. The molecular formula is C19H26N2O2S. The van der Waals surface area contributed by atoms with E-state index >= 15 is 0 Å². The predicted octanol–water partition coefficient (Wildman–Crippen LogP) is 2.54. The van der Waals surface area contributed by atoms with E-state index in [1.807, 2.05) is 4.90 Å². The van der Waals surface area contributed by atoms with Gasteiger partial charge in [0.25, 0.3) is 0 Å². The van der Waals surface area contributed by atoms with Gasteiger partial charge in [-0.1, -0.05) is 18.2 Å². The smallest absolute Gasteiger partial charge is 0.232 e. The van der Waals surface area contributed by atoms with Gasteiger partial charge in [-0.3, -0.25) is 9.59 Å². The lowest BCUT2D eigenvalue weighted by atomic mass is 10.1. The van der Waals surface area contributed by atoms with Crippen LogP contribution < -0.4 is 5.32 Å². The van der Waals surface area contributed by atoms with Crippen LogP contribution in [0.2, 0.25) is 0 Å². The summed E-state index contributed by atoms with van der Waals surface area (Å²) in [6.45, 7) is 3.00. The highest BCUT2D eigenvalue weighted by Crippen LogP contribution is 2.24. The highest BCUT2D eigenvalue weighted by molar-refractivity contribution is 7.99. The van der Waals surface area contributed by atoms with Crippen molar-refractivity contribution in [2.24, 2.45) is 0 Å². The molecule has 2 amide bonds. The maximum absolute atomic E-state index is 12.4. The summed E-state index contributed by atoms with van der Waals surface area (Å²) in [4.78, 5) is 25.5. The maximum atomic E-state index is 12.4. The lowest BCUT2D eigenvalue weighted by Crippen LogP contribution is -2.49. The summed E-state index contributed by atoms with van der Waals surface area (Å²) in [5, 5.41) is 2.93. The molecule has 0 radical (unpaired) electrons. The third kappa shape index (κ3) is 4.53. The molecule has 3 rings (SSSR count). The van der Waals surface area contributed by atoms with Crippen molar-refractivity contribution in [1.29, 1.82) is 0 Å². The number of nitrogens with zero attached hydrogens (tertiary/aromatic N) is 1. The van der Waals surface area contributed by atoms with Gasteiger partial charge < -0.3 is 10.2 Å². The summed E-state index contributed by atoms with van der Waals surface area (Å²) in [6.07, 6.45) is 5.61. The average Bonchev–Trinajstić information content (AvgIpc) is 3.02. The van der Waals surface area contributed by atoms with Crippen LogP contribution in [0.1, 0.15) is 42.9 Å². The minimum Gasteiger partial charge on any atom is -0.352 e. The van der Waals surface area contributed by atoms with E-state index in [2.05, 4.69) is 23.5 Å². The number of likely N-dealkylation sites (tertiary alicyclic amines) is 1. The van der Waals surface area contributed by atoms with Crippen LogP contribution >= 0.6 is 11.8 Å². The molecule has 4 nitrogen and oxygen atoms in total. The summed E-state index contributed by atoms with van der Waals surface area (Å²) in [7, 11) is 0. The van der Waals surface area contributed by atoms with E-state index in [9.17, 15) is 9.59 Å². The second-order valence-corrected chi connectivity index (χ2v) is 7.81. The standard InChI is InChI=1S/C19H26N2O2S/c1-14(22)20-18-6-3-9-21(11-18)19(23)13-24-12-15-7-8-16-4-2-5-17(16)10-15/h7-8,10,18H,2-6,9,11-13H2,1H3,(H,20,22). The zero-order chi connectivity index (χ0) is 16.9. The zero-order valence-corrected chi connectivity index (χ0v) is 15.2. The van der Waals surface area contributed by atoms with E-state index in [4.69, 9.17) is 0 Å². The SMILES string of the molecule is CC(=O)NC1CCCN(C(=O)CSCc2ccc3c(c2)CCC3)C1. The first kappa shape index (κ1) is 17.3. The lowest BCUT2D eigenvalue weighted by molar-refractivity contribution is -0.130. The molecule has 24 heavy (non-hydrogen) atoms. The van der Waals surface area contributed by atoms with Gasteiger partial charge in [0.15, 0.2) is 0 Å². The molecule has 1 aromatic rings. The van der Waals surface area contributed by atoms with Gasteiger partial charge in [-0.2, -0.15) is 0 Å². The molecule has 1 heterocycles. The Labute approximate surface area is 148 Å². The number of thioether (sulfide) groups is 1. The Bertz CT molecular complexity index is 617. The molecule has 0 aromatic heterocycles. The van der Waals surface area contributed by atoms with Crippen LogP contribution in [0.4, 0.5) is 0 Å². The average molecular weight is 346 g/mol. The Morgan fingerprint density at radius 2 is 2.08 bits per heavy atom. The predicted molar refractivity (Wildman–Crippen MR) is 98.0 cm³/mol. The summed E-state index contributed by atoms with van der Waals surface area (Å²) in [5.74, 6) is 1.59. The number of aryl methyl sites for hydroxylation is 2. The van der Waals surface area contributed by atoms with Crippen LogP contribution in [0.3, 0.4) is 0 Å².